The number of nitrogens with zero attached hydrogens (tertiary/aromatic N) is 3. The van der Waals surface area contributed by atoms with Gasteiger partial charge in [0.15, 0.2) is 11.6 Å². The van der Waals surface area contributed by atoms with E-state index in [0.717, 1.165) is 11.8 Å². The number of nitrogens with one attached hydrogen (secondary N) is 1. The molecular weight excluding hydrogens is 321 g/mol. The lowest BCUT2D eigenvalue weighted by molar-refractivity contribution is -0.0522. The quantitative estimate of drug-likeness (QED) is 0.913. The summed E-state index contributed by atoms with van der Waals surface area (Å²) in [6.07, 6.45) is 7.14. The van der Waals surface area contributed by atoms with Gasteiger partial charge in [-0.3, -0.25) is 10.1 Å². The first-order chi connectivity index (χ1) is 11.5. The number of hydrogen-bond donors (Lipinski definition) is 1. The van der Waals surface area contributed by atoms with Gasteiger partial charge in [-0.1, -0.05) is 12.1 Å². The van der Waals surface area contributed by atoms with Gasteiger partial charge in [-0.15, -0.1) is 0 Å². The molecule has 1 aliphatic rings. The molecule has 2 heterocycles. The highest BCUT2D eigenvalue weighted by atomic mass is 19.3. The van der Waals surface area contributed by atoms with E-state index in [2.05, 4.69) is 20.4 Å². The van der Waals surface area contributed by atoms with Crippen molar-refractivity contribution in [1.82, 2.24) is 15.2 Å². The molecule has 3 rings (SSSR count). The molecule has 5 nitrogen and oxygen atoms in total. The molecule has 0 radical (unpaired) electrons. The number of ether oxygens (including phenoxy) is 1. The summed E-state index contributed by atoms with van der Waals surface area (Å²) in [4.78, 5) is 0. The average molecular weight is 336 g/mol. The van der Waals surface area contributed by atoms with E-state index in [-0.39, 0.29) is 0 Å². The fraction of sp³-hybridized carbons (Fsp3) is 0.250. The number of halogens is 3. The number of hydrazone groups is 1. The number of rotatable bonds is 5. The van der Waals surface area contributed by atoms with E-state index in [9.17, 15) is 13.2 Å². The zero-order valence-electron chi connectivity index (χ0n) is 12.8. The molecule has 0 amide bonds. The molecule has 126 valence electrons. The van der Waals surface area contributed by atoms with Crippen LogP contribution in [-0.2, 0) is 12.1 Å². The van der Waals surface area contributed by atoms with Gasteiger partial charge in [0.05, 0.1) is 17.8 Å². The largest absolute Gasteiger partial charge is 0.432 e. The third-order valence-corrected chi connectivity index (χ3v) is 3.67. The van der Waals surface area contributed by atoms with Crippen LogP contribution in [0.25, 0.3) is 0 Å². The van der Waals surface area contributed by atoms with Gasteiger partial charge in [0.2, 0.25) is 0 Å². The first kappa shape index (κ1) is 16.1. The first-order valence-corrected chi connectivity index (χ1v) is 7.21. The van der Waals surface area contributed by atoms with Crippen LogP contribution in [0, 0.1) is 5.82 Å². The lowest BCUT2D eigenvalue weighted by Crippen LogP contribution is -2.38. The molecule has 1 aromatic carbocycles. The monoisotopic (exact) mass is 336 g/mol. The Hall–Kier alpha value is -2.77. The van der Waals surface area contributed by atoms with Crippen LogP contribution in [-0.4, -0.2) is 22.1 Å². The minimum absolute atomic E-state index is 0.495. The minimum atomic E-state index is -3.09. The Morgan fingerprint density at radius 3 is 2.83 bits per heavy atom. The van der Waals surface area contributed by atoms with E-state index in [1.165, 1.54) is 12.1 Å². The summed E-state index contributed by atoms with van der Waals surface area (Å²) >= 11 is 0. The molecule has 2 aromatic rings. The molecule has 24 heavy (non-hydrogen) atoms. The predicted octanol–water partition coefficient (Wildman–Crippen LogP) is 3.05. The van der Waals surface area contributed by atoms with Crippen LogP contribution in [0.5, 0.6) is 5.75 Å². The topological polar surface area (TPSA) is 51.4 Å². The lowest BCUT2D eigenvalue weighted by atomic mass is 9.91. The van der Waals surface area contributed by atoms with Crippen LogP contribution in [0.3, 0.4) is 0 Å². The van der Waals surface area contributed by atoms with Crippen molar-refractivity contribution in [3.05, 3.63) is 60.2 Å². The van der Waals surface area contributed by atoms with E-state index < -0.39 is 23.7 Å². The Balaban J connectivity index is 1.78. The number of hydrogen-bond acceptors (Lipinski definition) is 4. The summed E-state index contributed by atoms with van der Waals surface area (Å²) < 4.78 is 44.2. The van der Waals surface area contributed by atoms with Gasteiger partial charge in [0, 0.05) is 12.4 Å². The van der Waals surface area contributed by atoms with Crippen molar-refractivity contribution >= 4 is 5.71 Å². The van der Waals surface area contributed by atoms with Gasteiger partial charge >= 0.3 is 6.61 Å². The zero-order valence-corrected chi connectivity index (χ0v) is 12.8. The highest BCUT2D eigenvalue weighted by molar-refractivity contribution is 5.95. The molecule has 0 saturated carbocycles. The number of aromatic nitrogens is 2. The Labute approximate surface area is 136 Å². The third-order valence-electron chi connectivity index (χ3n) is 3.67. The second-order valence-electron chi connectivity index (χ2n) is 5.48. The Kier molecular flexibility index (Phi) is 4.28. The van der Waals surface area contributed by atoms with Crippen molar-refractivity contribution in [3.63, 3.8) is 0 Å². The van der Waals surface area contributed by atoms with Gasteiger partial charge < -0.3 is 4.74 Å². The SMILES string of the molecule is CC1(c2ccc(F)c(OC(F)F)c2)C=CC(Cn2cccn2)=NN1. The summed E-state index contributed by atoms with van der Waals surface area (Å²) in [7, 11) is 0. The van der Waals surface area contributed by atoms with Gasteiger partial charge in [0.25, 0.3) is 0 Å². The van der Waals surface area contributed by atoms with Crippen molar-refractivity contribution in [1.29, 1.82) is 0 Å². The van der Waals surface area contributed by atoms with Crippen LogP contribution < -0.4 is 10.2 Å². The fourth-order valence-corrected chi connectivity index (χ4v) is 2.35. The average Bonchev–Trinajstić information content (AvgIpc) is 3.04. The van der Waals surface area contributed by atoms with Crippen molar-refractivity contribution in [2.24, 2.45) is 5.10 Å². The highest BCUT2D eigenvalue weighted by Crippen LogP contribution is 2.30. The molecule has 1 aliphatic heterocycles. The van der Waals surface area contributed by atoms with E-state index in [0.29, 0.717) is 12.1 Å². The molecule has 1 aromatic heterocycles. The summed E-state index contributed by atoms with van der Waals surface area (Å²) in [6.45, 7) is -0.789. The van der Waals surface area contributed by atoms with Crippen molar-refractivity contribution in [3.8, 4) is 5.75 Å². The Morgan fingerprint density at radius 2 is 2.21 bits per heavy atom. The summed E-state index contributed by atoms with van der Waals surface area (Å²) in [5.41, 5.74) is 3.51. The molecule has 0 saturated heterocycles. The van der Waals surface area contributed by atoms with Crippen LogP contribution in [0.2, 0.25) is 0 Å². The molecule has 1 N–H and O–H groups in total. The van der Waals surface area contributed by atoms with Crippen LogP contribution in [0.4, 0.5) is 13.2 Å². The molecule has 0 spiro atoms. The lowest BCUT2D eigenvalue weighted by Gasteiger charge is -2.30. The summed E-state index contributed by atoms with van der Waals surface area (Å²) in [6, 6.07) is 5.65. The molecular formula is C16H15F3N4O. The highest BCUT2D eigenvalue weighted by Gasteiger charge is 2.27. The Morgan fingerprint density at radius 1 is 1.38 bits per heavy atom. The number of allylic oxidation sites excluding steroid dienone is 1. The standard InChI is InChI=1S/C16H15F3N4O/c1-16(11-3-4-13(17)14(9-11)24-15(18)19)6-5-12(21-22-16)10-23-8-2-7-20-23/h2-9,15,22H,10H2,1H3. The van der Waals surface area contributed by atoms with Gasteiger partial charge in [-0.2, -0.15) is 19.0 Å². The van der Waals surface area contributed by atoms with Crippen molar-refractivity contribution in [2.45, 2.75) is 25.6 Å². The van der Waals surface area contributed by atoms with Crippen molar-refractivity contribution < 1.29 is 17.9 Å². The van der Waals surface area contributed by atoms with Gasteiger partial charge in [-0.25, -0.2) is 4.39 Å². The van der Waals surface area contributed by atoms with E-state index in [1.807, 2.05) is 24.4 Å². The molecule has 0 aliphatic carbocycles. The third kappa shape index (κ3) is 3.42. The molecule has 8 heteroatoms. The smallest absolute Gasteiger partial charge is 0.387 e. The van der Waals surface area contributed by atoms with Gasteiger partial charge in [-0.05, 0) is 36.8 Å². The normalized spacial score (nSPS) is 20.0. The van der Waals surface area contributed by atoms with E-state index >= 15 is 0 Å². The van der Waals surface area contributed by atoms with Crippen LogP contribution in [0.1, 0.15) is 12.5 Å². The second-order valence-corrected chi connectivity index (χ2v) is 5.48. The molecule has 1 unspecified atom stereocenters. The number of alkyl halides is 2. The van der Waals surface area contributed by atoms with E-state index in [1.54, 1.807) is 17.8 Å². The molecule has 0 bridgehead atoms. The molecule has 0 fully saturated rings. The predicted molar refractivity (Wildman–Crippen MR) is 82.3 cm³/mol. The van der Waals surface area contributed by atoms with Crippen LogP contribution >= 0.6 is 0 Å². The van der Waals surface area contributed by atoms with Crippen LogP contribution in [0.15, 0.2) is 53.9 Å². The minimum Gasteiger partial charge on any atom is -0.432 e. The summed E-state index contributed by atoms with van der Waals surface area (Å²) in [5.74, 6) is -1.34. The first-order valence-electron chi connectivity index (χ1n) is 7.21. The zero-order chi connectivity index (χ0) is 17.2. The Bertz CT molecular complexity index is 774. The van der Waals surface area contributed by atoms with E-state index in [4.69, 9.17) is 0 Å². The maximum atomic E-state index is 13.6. The van der Waals surface area contributed by atoms with Gasteiger partial charge in [0.1, 0.15) is 0 Å². The maximum Gasteiger partial charge on any atom is 0.387 e. The summed E-state index contributed by atoms with van der Waals surface area (Å²) in [5, 5.41) is 8.38. The maximum absolute atomic E-state index is 13.6. The number of benzene rings is 1. The molecule has 1 atom stereocenters. The second kappa shape index (κ2) is 6.38. The van der Waals surface area contributed by atoms with Crippen molar-refractivity contribution in [2.75, 3.05) is 0 Å². The fourth-order valence-electron chi connectivity index (χ4n) is 2.35.